The van der Waals surface area contributed by atoms with Gasteiger partial charge in [-0.1, -0.05) is 67.6 Å². The molecule has 0 aliphatic carbocycles. The van der Waals surface area contributed by atoms with E-state index in [1.807, 2.05) is 6.07 Å². The number of aliphatic imine (C=N–C) groups is 1. The number of rotatable bonds is 10. The second-order valence-corrected chi connectivity index (χ2v) is 7.92. The van der Waals surface area contributed by atoms with E-state index in [9.17, 15) is 0 Å². The van der Waals surface area contributed by atoms with Crippen molar-refractivity contribution in [1.82, 2.24) is 5.32 Å². The average molecular weight is 411 g/mol. The molecular weight excluding hydrogens is 376 g/mol. The number of amidine groups is 1. The Labute approximate surface area is 180 Å². The van der Waals surface area contributed by atoms with E-state index in [0.717, 1.165) is 18.7 Å². The molecule has 5 heteroatoms. The molecule has 1 heterocycles. The summed E-state index contributed by atoms with van der Waals surface area (Å²) in [4.78, 5) is 5.02. The Morgan fingerprint density at radius 2 is 1.53 bits per heavy atom. The number of ether oxygens (including phenoxy) is 3. The molecule has 0 saturated carbocycles. The van der Waals surface area contributed by atoms with Gasteiger partial charge in [0.05, 0.1) is 37.2 Å². The Bertz CT molecular complexity index is 766. The number of methoxy groups -OCH3 is 1. The van der Waals surface area contributed by atoms with Crippen molar-refractivity contribution in [1.29, 1.82) is 0 Å². The summed E-state index contributed by atoms with van der Waals surface area (Å²) in [5, 5.41) is 3.62. The predicted molar refractivity (Wildman–Crippen MR) is 121 cm³/mol. The molecule has 1 aliphatic rings. The summed E-state index contributed by atoms with van der Waals surface area (Å²) < 4.78 is 17.0. The van der Waals surface area contributed by atoms with Crippen LogP contribution in [-0.2, 0) is 27.1 Å². The molecule has 0 aromatic heterocycles. The molecular formula is C25H34N2O3. The van der Waals surface area contributed by atoms with Crippen LogP contribution in [0, 0.1) is 5.92 Å². The van der Waals surface area contributed by atoms with E-state index in [0.29, 0.717) is 13.2 Å². The highest BCUT2D eigenvalue weighted by Crippen LogP contribution is 2.26. The van der Waals surface area contributed by atoms with Crippen molar-refractivity contribution >= 4 is 5.84 Å². The molecule has 4 atom stereocenters. The minimum Gasteiger partial charge on any atom is -0.382 e. The maximum atomic E-state index is 6.31. The van der Waals surface area contributed by atoms with Crippen LogP contribution < -0.4 is 5.32 Å². The molecule has 30 heavy (non-hydrogen) atoms. The lowest BCUT2D eigenvalue weighted by Crippen LogP contribution is -2.48. The third-order valence-corrected chi connectivity index (χ3v) is 5.64. The van der Waals surface area contributed by atoms with E-state index in [1.165, 1.54) is 11.1 Å². The van der Waals surface area contributed by atoms with Crippen LogP contribution in [-0.4, -0.2) is 51.1 Å². The normalized spacial score (nSPS) is 24.0. The molecule has 0 amide bonds. The second kappa shape index (κ2) is 11.8. The number of benzene rings is 2. The molecule has 0 fully saturated rings. The number of hydrogen-bond acceptors (Lipinski definition) is 5. The zero-order valence-corrected chi connectivity index (χ0v) is 18.3. The summed E-state index contributed by atoms with van der Waals surface area (Å²) in [5.74, 6) is 1.20. The van der Waals surface area contributed by atoms with E-state index < -0.39 is 0 Å². The van der Waals surface area contributed by atoms with Gasteiger partial charge in [0.2, 0.25) is 0 Å². The fraction of sp³-hybridized carbons (Fsp3) is 0.480. The smallest absolute Gasteiger partial charge is 0.147 e. The van der Waals surface area contributed by atoms with Gasteiger partial charge in [-0.15, -0.1) is 0 Å². The molecule has 5 nitrogen and oxygen atoms in total. The first kappa shape index (κ1) is 22.5. The summed E-state index contributed by atoms with van der Waals surface area (Å²) in [7, 11) is 1.67. The Balaban J connectivity index is 1.76. The van der Waals surface area contributed by atoms with E-state index in [2.05, 4.69) is 73.8 Å². The van der Waals surface area contributed by atoms with E-state index >= 15 is 0 Å². The van der Waals surface area contributed by atoms with E-state index in [-0.39, 0.29) is 30.9 Å². The minimum atomic E-state index is -0.0253. The zero-order valence-electron chi connectivity index (χ0n) is 18.3. The van der Waals surface area contributed by atoms with Crippen molar-refractivity contribution in [3.8, 4) is 0 Å². The highest BCUT2D eigenvalue weighted by molar-refractivity contribution is 5.80. The number of nitrogens with one attached hydrogen (secondary N) is 1. The van der Waals surface area contributed by atoms with Crippen molar-refractivity contribution in [2.45, 2.75) is 44.9 Å². The first-order valence-corrected chi connectivity index (χ1v) is 10.7. The maximum Gasteiger partial charge on any atom is 0.147 e. The first-order chi connectivity index (χ1) is 14.7. The van der Waals surface area contributed by atoms with Gasteiger partial charge in [0, 0.05) is 13.0 Å². The summed E-state index contributed by atoms with van der Waals surface area (Å²) in [5.41, 5.74) is 2.58. The van der Waals surface area contributed by atoms with Gasteiger partial charge in [0.25, 0.3) is 0 Å². The molecule has 0 radical (unpaired) electrons. The lowest BCUT2D eigenvalue weighted by Gasteiger charge is -2.32. The average Bonchev–Trinajstić information content (AvgIpc) is 2.86. The summed E-state index contributed by atoms with van der Waals surface area (Å²) in [6, 6.07) is 21.4. The van der Waals surface area contributed by atoms with Crippen LogP contribution in [0.4, 0.5) is 0 Å². The zero-order chi connectivity index (χ0) is 21.2. The fourth-order valence-electron chi connectivity index (χ4n) is 4.06. The molecule has 0 spiro atoms. The van der Waals surface area contributed by atoms with Gasteiger partial charge < -0.3 is 19.5 Å². The monoisotopic (exact) mass is 410 g/mol. The molecule has 0 saturated heterocycles. The van der Waals surface area contributed by atoms with Crippen molar-refractivity contribution in [3.05, 3.63) is 71.8 Å². The second-order valence-electron chi connectivity index (χ2n) is 7.92. The summed E-state index contributed by atoms with van der Waals surface area (Å²) >= 11 is 0. The molecule has 2 aromatic carbocycles. The van der Waals surface area contributed by atoms with Gasteiger partial charge in [0.15, 0.2) is 0 Å². The van der Waals surface area contributed by atoms with E-state index in [4.69, 9.17) is 19.2 Å². The van der Waals surface area contributed by atoms with Gasteiger partial charge in [-0.3, -0.25) is 4.99 Å². The number of nitrogens with zero attached hydrogens (tertiary/aromatic N) is 1. The highest BCUT2D eigenvalue weighted by atomic mass is 16.7. The van der Waals surface area contributed by atoms with E-state index in [1.54, 1.807) is 7.11 Å². The molecule has 1 aliphatic heterocycles. The topological polar surface area (TPSA) is 52.1 Å². The van der Waals surface area contributed by atoms with Crippen LogP contribution in [0.2, 0.25) is 0 Å². The van der Waals surface area contributed by atoms with Crippen molar-refractivity contribution < 1.29 is 14.2 Å². The molecule has 3 rings (SSSR count). The van der Waals surface area contributed by atoms with Crippen LogP contribution in [0.25, 0.3) is 0 Å². The fourth-order valence-corrected chi connectivity index (χ4v) is 4.06. The van der Waals surface area contributed by atoms with Crippen LogP contribution in [0.1, 0.15) is 25.0 Å². The Morgan fingerprint density at radius 3 is 2.17 bits per heavy atom. The van der Waals surface area contributed by atoms with Crippen LogP contribution in [0.3, 0.4) is 0 Å². The molecule has 2 aromatic rings. The lowest BCUT2D eigenvalue weighted by molar-refractivity contribution is -0.121. The third-order valence-electron chi connectivity index (χ3n) is 5.64. The van der Waals surface area contributed by atoms with Gasteiger partial charge in [-0.2, -0.15) is 0 Å². The standard InChI is InChI=1S/C25H34N2O3/c1-19-23(16-21-10-6-4-7-11-21)26-20(2)27-24(17-22-12-8-5-9-13-22)25(19)30-18-29-15-14-28-3/h4-13,19,23-25H,14-18H2,1-3H3,(H,26,27). The first-order valence-electron chi connectivity index (χ1n) is 10.7. The minimum absolute atomic E-state index is 0.0253. The Hall–Kier alpha value is -2.21. The molecule has 0 bridgehead atoms. The Morgan fingerprint density at radius 1 is 0.900 bits per heavy atom. The van der Waals surface area contributed by atoms with Crippen LogP contribution >= 0.6 is 0 Å². The predicted octanol–water partition coefficient (Wildman–Crippen LogP) is 3.87. The van der Waals surface area contributed by atoms with Gasteiger partial charge in [0.1, 0.15) is 6.79 Å². The van der Waals surface area contributed by atoms with Crippen molar-refractivity contribution in [3.63, 3.8) is 0 Å². The lowest BCUT2D eigenvalue weighted by atomic mass is 9.86. The van der Waals surface area contributed by atoms with Gasteiger partial charge in [-0.05, 0) is 30.9 Å². The SMILES string of the molecule is COCCOCOC1C(Cc2ccccc2)NC(C)=NC(Cc2ccccc2)C1C. The van der Waals surface area contributed by atoms with Crippen molar-refractivity contribution in [2.75, 3.05) is 27.1 Å². The van der Waals surface area contributed by atoms with Gasteiger partial charge in [-0.25, -0.2) is 0 Å². The maximum absolute atomic E-state index is 6.31. The highest BCUT2D eigenvalue weighted by Gasteiger charge is 2.35. The molecule has 1 N–H and O–H groups in total. The van der Waals surface area contributed by atoms with Crippen molar-refractivity contribution in [2.24, 2.45) is 10.9 Å². The Kier molecular flexibility index (Phi) is 8.87. The van der Waals surface area contributed by atoms with Crippen LogP contribution in [0.5, 0.6) is 0 Å². The largest absolute Gasteiger partial charge is 0.382 e. The third kappa shape index (κ3) is 6.66. The summed E-state index contributed by atoms with van der Waals surface area (Å²) in [6.45, 7) is 5.64. The number of hydrogen-bond donors (Lipinski definition) is 1. The van der Waals surface area contributed by atoms with Gasteiger partial charge >= 0.3 is 0 Å². The molecule has 162 valence electrons. The van der Waals surface area contributed by atoms with Crippen LogP contribution in [0.15, 0.2) is 65.7 Å². The summed E-state index contributed by atoms with van der Waals surface area (Å²) in [6.07, 6.45) is 1.74. The molecule has 4 unspecified atom stereocenters. The quantitative estimate of drug-likeness (QED) is 0.477.